The number of aromatic nitrogens is 2. The summed E-state index contributed by atoms with van der Waals surface area (Å²) in [6, 6.07) is 8.04. The lowest BCUT2D eigenvalue weighted by molar-refractivity contribution is -0.119. The van der Waals surface area contributed by atoms with Gasteiger partial charge in [-0.1, -0.05) is 12.1 Å². The summed E-state index contributed by atoms with van der Waals surface area (Å²) in [6.45, 7) is 5.35. The number of aromatic amines is 1. The Morgan fingerprint density at radius 1 is 1.44 bits per heavy atom. The number of guanidine groups is 1. The van der Waals surface area contributed by atoms with Crippen molar-refractivity contribution in [2.75, 3.05) is 26.2 Å². The molecule has 1 saturated heterocycles. The average Bonchev–Trinajstić information content (AvgIpc) is 3.03. The quantitative estimate of drug-likeness (QED) is 0.333. The minimum Gasteiger partial charge on any atom is -0.370 e. The molecule has 1 aliphatic heterocycles. The van der Waals surface area contributed by atoms with Gasteiger partial charge in [0.05, 0.1) is 11.0 Å². The first-order valence-electron chi connectivity index (χ1n) is 9.41. The van der Waals surface area contributed by atoms with Gasteiger partial charge in [0, 0.05) is 39.0 Å². The topological polar surface area (TPSA) is 99.4 Å². The van der Waals surface area contributed by atoms with E-state index >= 15 is 0 Å². The normalized spacial score (nSPS) is 17.6. The van der Waals surface area contributed by atoms with Crippen molar-refractivity contribution in [2.45, 2.75) is 32.6 Å². The molecule has 1 amide bonds. The average molecular weight is 484 g/mol. The number of para-hydroxylation sites is 2. The number of nitrogens with one attached hydrogen (secondary N) is 2. The third-order valence-electron chi connectivity index (χ3n) is 4.69. The van der Waals surface area contributed by atoms with Crippen LogP contribution >= 0.6 is 24.0 Å². The number of piperidine rings is 1. The van der Waals surface area contributed by atoms with Gasteiger partial charge >= 0.3 is 0 Å². The fraction of sp³-hybridized carbons (Fsp3) is 0.526. The third-order valence-corrected chi connectivity index (χ3v) is 4.69. The summed E-state index contributed by atoms with van der Waals surface area (Å²) in [7, 11) is 0. The van der Waals surface area contributed by atoms with E-state index in [1.165, 1.54) is 0 Å². The van der Waals surface area contributed by atoms with Crippen molar-refractivity contribution in [1.82, 2.24) is 20.2 Å². The Morgan fingerprint density at radius 3 is 3.00 bits per heavy atom. The number of nitrogens with two attached hydrogens (primary N) is 1. The molecule has 1 aromatic heterocycles. The second kappa shape index (κ2) is 10.5. The Kier molecular flexibility index (Phi) is 8.33. The van der Waals surface area contributed by atoms with Gasteiger partial charge in [-0.2, -0.15) is 0 Å². The lowest BCUT2D eigenvalue weighted by Crippen LogP contribution is -2.47. The van der Waals surface area contributed by atoms with E-state index in [0.29, 0.717) is 18.9 Å². The molecule has 1 fully saturated rings. The van der Waals surface area contributed by atoms with Crippen molar-refractivity contribution in [1.29, 1.82) is 0 Å². The number of rotatable bonds is 6. The number of hydrogen-bond donors (Lipinski definition) is 3. The maximum Gasteiger partial charge on any atom is 0.217 e. The molecule has 0 spiro atoms. The molecule has 1 unspecified atom stereocenters. The van der Waals surface area contributed by atoms with Crippen molar-refractivity contribution in [2.24, 2.45) is 16.6 Å². The number of amides is 1. The van der Waals surface area contributed by atoms with E-state index < -0.39 is 0 Å². The van der Waals surface area contributed by atoms with Crippen LogP contribution in [0.5, 0.6) is 0 Å². The molecule has 2 heterocycles. The second-order valence-corrected chi connectivity index (χ2v) is 6.81. The van der Waals surface area contributed by atoms with Gasteiger partial charge in [-0.25, -0.2) is 4.98 Å². The minimum atomic E-state index is -0.219. The van der Waals surface area contributed by atoms with E-state index in [1.54, 1.807) is 0 Å². The van der Waals surface area contributed by atoms with Gasteiger partial charge in [0.2, 0.25) is 5.91 Å². The summed E-state index contributed by atoms with van der Waals surface area (Å²) in [5.74, 6) is 1.97. The zero-order valence-corrected chi connectivity index (χ0v) is 18.1. The number of benzene rings is 1. The molecule has 27 heavy (non-hydrogen) atoms. The van der Waals surface area contributed by atoms with Crippen LogP contribution in [0.4, 0.5) is 0 Å². The summed E-state index contributed by atoms with van der Waals surface area (Å²) in [5.41, 5.74) is 7.41. The summed E-state index contributed by atoms with van der Waals surface area (Å²) >= 11 is 0. The second-order valence-electron chi connectivity index (χ2n) is 6.81. The van der Waals surface area contributed by atoms with Crippen LogP contribution < -0.4 is 11.1 Å². The van der Waals surface area contributed by atoms with Gasteiger partial charge in [0.15, 0.2) is 5.96 Å². The number of fused-ring (bicyclic) bond motifs is 1. The van der Waals surface area contributed by atoms with Crippen LogP contribution in [0.25, 0.3) is 11.0 Å². The molecule has 1 aliphatic rings. The molecular formula is C19H29IN6O. The maximum atomic E-state index is 11.2. The molecule has 2 aromatic rings. The van der Waals surface area contributed by atoms with Crippen LogP contribution in [0.15, 0.2) is 29.3 Å². The third kappa shape index (κ3) is 6.08. The summed E-state index contributed by atoms with van der Waals surface area (Å²) in [5, 5.41) is 3.37. The number of halogens is 1. The maximum absolute atomic E-state index is 11.2. The van der Waals surface area contributed by atoms with Crippen LogP contribution in [0, 0.1) is 5.92 Å². The first kappa shape index (κ1) is 21.5. The van der Waals surface area contributed by atoms with E-state index in [4.69, 9.17) is 10.7 Å². The largest absolute Gasteiger partial charge is 0.370 e. The first-order valence-corrected chi connectivity index (χ1v) is 9.41. The zero-order chi connectivity index (χ0) is 18.4. The van der Waals surface area contributed by atoms with E-state index in [9.17, 15) is 4.79 Å². The Hall–Kier alpha value is -1.84. The highest BCUT2D eigenvalue weighted by Gasteiger charge is 2.23. The standard InChI is InChI=1S/C19H28N6O.HI/c1-2-21-19(25-11-5-6-14(13-25)12-17(20)26)22-10-9-18-23-15-7-3-4-8-16(15)24-18;/h3-4,7-8,14H,2,5-6,9-13H2,1H3,(H2,20,26)(H,21,22)(H,23,24);1H. The summed E-state index contributed by atoms with van der Waals surface area (Å²) in [4.78, 5) is 26.2. The molecule has 0 bridgehead atoms. The van der Waals surface area contributed by atoms with Crippen molar-refractivity contribution in [3.63, 3.8) is 0 Å². The fourth-order valence-electron chi connectivity index (χ4n) is 3.53. The highest BCUT2D eigenvalue weighted by molar-refractivity contribution is 14.0. The van der Waals surface area contributed by atoms with Gasteiger partial charge in [-0.15, -0.1) is 24.0 Å². The van der Waals surface area contributed by atoms with E-state index in [0.717, 1.165) is 61.7 Å². The first-order chi connectivity index (χ1) is 12.7. The molecule has 3 rings (SSSR count). The number of hydrogen-bond acceptors (Lipinski definition) is 3. The van der Waals surface area contributed by atoms with E-state index in [1.807, 2.05) is 24.3 Å². The molecule has 148 valence electrons. The van der Waals surface area contributed by atoms with Gasteiger partial charge < -0.3 is 20.9 Å². The number of likely N-dealkylation sites (tertiary alicyclic amines) is 1. The van der Waals surface area contributed by atoms with Crippen molar-refractivity contribution in [3.8, 4) is 0 Å². The lowest BCUT2D eigenvalue weighted by atomic mass is 9.95. The SMILES string of the molecule is CCNC(=NCCc1nc2ccccc2[nH]1)N1CCCC(CC(N)=O)C1.I. The Morgan fingerprint density at radius 2 is 2.26 bits per heavy atom. The number of primary amides is 1. The molecule has 7 nitrogen and oxygen atoms in total. The molecule has 8 heteroatoms. The smallest absolute Gasteiger partial charge is 0.217 e. The van der Waals surface area contributed by atoms with Gasteiger partial charge in [-0.05, 0) is 37.8 Å². The number of carbonyl (C=O) groups excluding carboxylic acids is 1. The minimum absolute atomic E-state index is 0. The van der Waals surface area contributed by atoms with Gasteiger partial charge in [0.1, 0.15) is 5.82 Å². The molecule has 4 N–H and O–H groups in total. The van der Waals surface area contributed by atoms with Crippen LogP contribution in [0.1, 0.15) is 32.0 Å². The molecule has 0 aliphatic carbocycles. The molecule has 1 atom stereocenters. The Labute approximate surface area is 177 Å². The number of H-pyrrole nitrogens is 1. The lowest BCUT2D eigenvalue weighted by Gasteiger charge is -2.34. The number of carbonyl (C=O) groups is 1. The van der Waals surface area contributed by atoms with Crippen LogP contribution in [0.3, 0.4) is 0 Å². The van der Waals surface area contributed by atoms with Crippen LogP contribution in [-0.4, -0.2) is 52.9 Å². The molecule has 0 saturated carbocycles. The van der Waals surface area contributed by atoms with E-state index in [-0.39, 0.29) is 29.9 Å². The number of aliphatic imine (C=N–C) groups is 1. The Balaban J connectivity index is 0.00000261. The Bertz CT molecular complexity index is 741. The van der Waals surface area contributed by atoms with Crippen LogP contribution in [0.2, 0.25) is 0 Å². The predicted octanol–water partition coefficient (Wildman–Crippen LogP) is 2.28. The fourth-order valence-corrected chi connectivity index (χ4v) is 3.53. The van der Waals surface area contributed by atoms with Crippen molar-refractivity contribution in [3.05, 3.63) is 30.1 Å². The van der Waals surface area contributed by atoms with Crippen molar-refractivity contribution < 1.29 is 4.79 Å². The van der Waals surface area contributed by atoms with Crippen molar-refractivity contribution >= 4 is 46.9 Å². The molecule has 0 radical (unpaired) electrons. The highest BCUT2D eigenvalue weighted by atomic mass is 127. The van der Waals surface area contributed by atoms with Gasteiger partial charge in [-0.3, -0.25) is 9.79 Å². The number of imidazole rings is 1. The number of nitrogens with zero attached hydrogens (tertiary/aromatic N) is 3. The summed E-state index contributed by atoms with van der Waals surface area (Å²) < 4.78 is 0. The van der Waals surface area contributed by atoms with Gasteiger partial charge in [0.25, 0.3) is 0 Å². The highest BCUT2D eigenvalue weighted by Crippen LogP contribution is 2.19. The monoisotopic (exact) mass is 484 g/mol. The summed E-state index contributed by atoms with van der Waals surface area (Å²) in [6.07, 6.45) is 3.33. The molecular weight excluding hydrogens is 455 g/mol. The predicted molar refractivity (Wildman–Crippen MR) is 119 cm³/mol. The van der Waals surface area contributed by atoms with E-state index in [2.05, 4.69) is 27.1 Å². The van der Waals surface area contributed by atoms with Crippen LogP contribution in [-0.2, 0) is 11.2 Å². The zero-order valence-electron chi connectivity index (χ0n) is 15.8. The molecule has 1 aromatic carbocycles.